The van der Waals surface area contributed by atoms with Crippen molar-refractivity contribution in [1.29, 1.82) is 0 Å². The first-order chi connectivity index (χ1) is 10.2. The lowest BCUT2D eigenvalue weighted by Gasteiger charge is -2.19. The summed E-state index contributed by atoms with van der Waals surface area (Å²) in [5, 5.41) is 0. The van der Waals surface area contributed by atoms with Crippen LogP contribution in [-0.2, 0) is 0 Å². The molecule has 0 saturated heterocycles. The molecule has 0 radical (unpaired) electrons. The van der Waals surface area contributed by atoms with E-state index in [0.29, 0.717) is 5.95 Å². The van der Waals surface area contributed by atoms with E-state index in [1.54, 1.807) is 0 Å². The number of anilines is 1. The lowest BCUT2D eigenvalue weighted by atomic mass is 10.0. The zero-order valence-electron chi connectivity index (χ0n) is 13.1. The van der Waals surface area contributed by atoms with Crippen LogP contribution < -0.4 is 10.9 Å². The van der Waals surface area contributed by atoms with Gasteiger partial charge in [-0.3, -0.25) is 5.43 Å². The lowest BCUT2D eigenvalue weighted by Crippen LogP contribution is -2.28. The average Bonchev–Trinajstić information content (AvgIpc) is 2.47. The van der Waals surface area contributed by atoms with Gasteiger partial charge in [-0.1, -0.05) is 50.1 Å². The van der Waals surface area contributed by atoms with Crippen molar-refractivity contribution in [2.24, 2.45) is 0 Å². The highest BCUT2D eigenvalue weighted by Gasteiger charge is 2.10. The van der Waals surface area contributed by atoms with Crippen LogP contribution in [0.3, 0.4) is 0 Å². The van der Waals surface area contributed by atoms with Crippen molar-refractivity contribution in [2.75, 3.05) is 5.43 Å². The summed E-state index contributed by atoms with van der Waals surface area (Å²) in [5.41, 5.74) is 9.75. The second kappa shape index (κ2) is 7.74. The first-order valence-corrected chi connectivity index (χ1v) is 7.58. The van der Waals surface area contributed by atoms with Crippen molar-refractivity contribution in [3.63, 3.8) is 0 Å². The smallest absolute Gasteiger partial charge is 0.237 e. The molecular weight excluding hydrogens is 260 g/mol. The number of unbranched alkanes of at least 4 members (excludes halogenated alkanes) is 1. The summed E-state index contributed by atoms with van der Waals surface area (Å²) in [7, 11) is 0. The molecule has 2 N–H and O–H groups in total. The molecule has 2 aromatic rings. The summed E-state index contributed by atoms with van der Waals surface area (Å²) in [6.07, 6.45) is 3.45. The minimum Gasteiger partial charge on any atom is -0.289 e. The van der Waals surface area contributed by atoms with Crippen molar-refractivity contribution in [2.45, 2.75) is 46.1 Å². The zero-order valence-corrected chi connectivity index (χ0v) is 13.1. The first-order valence-electron chi connectivity index (χ1n) is 7.58. The molecule has 4 nitrogen and oxygen atoms in total. The maximum Gasteiger partial charge on any atom is 0.237 e. The highest BCUT2D eigenvalue weighted by molar-refractivity contribution is 5.27. The Morgan fingerprint density at radius 1 is 1.05 bits per heavy atom. The maximum atomic E-state index is 4.40. The van der Waals surface area contributed by atoms with E-state index < -0.39 is 0 Å². The normalized spacial score (nSPS) is 12.1. The van der Waals surface area contributed by atoms with Gasteiger partial charge < -0.3 is 0 Å². The molecule has 1 atom stereocenters. The summed E-state index contributed by atoms with van der Waals surface area (Å²) >= 11 is 0. The molecule has 0 aliphatic heterocycles. The fourth-order valence-electron chi connectivity index (χ4n) is 2.35. The minimum absolute atomic E-state index is 0.260. The topological polar surface area (TPSA) is 49.8 Å². The Balaban J connectivity index is 2.05. The van der Waals surface area contributed by atoms with Crippen LogP contribution in [0.4, 0.5) is 5.95 Å². The van der Waals surface area contributed by atoms with Crippen molar-refractivity contribution >= 4 is 5.95 Å². The van der Waals surface area contributed by atoms with Gasteiger partial charge in [0, 0.05) is 11.4 Å². The summed E-state index contributed by atoms with van der Waals surface area (Å²) < 4.78 is 0. The molecule has 112 valence electrons. The van der Waals surface area contributed by atoms with Crippen molar-refractivity contribution < 1.29 is 0 Å². The van der Waals surface area contributed by atoms with E-state index in [1.807, 2.05) is 26.0 Å². The predicted octanol–water partition coefficient (Wildman–Crippen LogP) is 3.94. The van der Waals surface area contributed by atoms with Gasteiger partial charge in [0.2, 0.25) is 5.95 Å². The largest absolute Gasteiger partial charge is 0.289 e. The lowest BCUT2D eigenvalue weighted by molar-refractivity contribution is 0.516. The van der Waals surface area contributed by atoms with Crippen LogP contribution in [0.5, 0.6) is 0 Å². The highest BCUT2D eigenvalue weighted by Crippen LogP contribution is 2.19. The molecule has 1 aromatic heterocycles. The molecule has 0 saturated carbocycles. The van der Waals surface area contributed by atoms with E-state index in [-0.39, 0.29) is 6.04 Å². The number of aromatic nitrogens is 2. The standard InChI is InChI=1S/C17H24N4/c1-4-5-11-16(15-9-7-6-8-10-15)20-21-17-18-13(2)12-14(3)19-17/h6-10,12,16,20H,4-5,11H2,1-3H3,(H,18,19,21)/t16-/m1/s1. The third-order valence-electron chi connectivity index (χ3n) is 3.39. The van der Waals surface area contributed by atoms with Crippen LogP contribution >= 0.6 is 0 Å². The predicted molar refractivity (Wildman–Crippen MR) is 87.0 cm³/mol. The van der Waals surface area contributed by atoms with E-state index >= 15 is 0 Å². The third-order valence-corrected chi connectivity index (χ3v) is 3.39. The quantitative estimate of drug-likeness (QED) is 0.756. The van der Waals surface area contributed by atoms with Crippen LogP contribution in [-0.4, -0.2) is 9.97 Å². The number of benzene rings is 1. The summed E-state index contributed by atoms with van der Waals surface area (Å²) in [6.45, 7) is 6.17. The Labute approximate surface area is 127 Å². The molecule has 1 heterocycles. The van der Waals surface area contributed by atoms with Crippen molar-refractivity contribution in [3.05, 3.63) is 53.3 Å². The highest BCUT2D eigenvalue weighted by atomic mass is 15.4. The average molecular weight is 284 g/mol. The summed E-state index contributed by atoms with van der Waals surface area (Å²) in [5.74, 6) is 0.630. The molecule has 0 amide bonds. The summed E-state index contributed by atoms with van der Waals surface area (Å²) in [6, 6.07) is 12.7. The van der Waals surface area contributed by atoms with Crippen LogP contribution in [0.25, 0.3) is 0 Å². The molecule has 0 aliphatic rings. The van der Waals surface area contributed by atoms with E-state index in [9.17, 15) is 0 Å². The van der Waals surface area contributed by atoms with Crippen molar-refractivity contribution in [1.82, 2.24) is 15.4 Å². The van der Waals surface area contributed by atoms with Crippen molar-refractivity contribution in [3.8, 4) is 0 Å². The van der Waals surface area contributed by atoms with Crippen LogP contribution in [0.15, 0.2) is 36.4 Å². The SMILES string of the molecule is CCCC[C@@H](NNc1nc(C)cc(C)n1)c1ccccc1. The molecule has 2 rings (SSSR count). The first kappa shape index (κ1) is 15.4. The number of rotatable bonds is 7. The Bertz CT molecular complexity index is 534. The Kier molecular flexibility index (Phi) is 5.69. The number of aryl methyl sites for hydroxylation is 2. The summed E-state index contributed by atoms with van der Waals surface area (Å²) in [4.78, 5) is 8.79. The number of nitrogens with zero attached hydrogens (tertiary/aromatic N) is 2. The van der Waals surface area contributed by atoms with Gasteiger partial charge in [-0.2, -0.15) is 0 Å². The number of hydrogen-bond acceptors (Lipinski definition) is 4. The van der Waals surface area contributed by atoms with E-state index in [4.69, 9.17) is 0 Å². The van der Waals surface area contributed by atoms with Gasteiger partial charge in [-0.05, 0) is 31.9 Å². The van der Waals surface area contributed by atoms with Gasteiger partial charge in [0.05, 0.1) is 6.04 Å². The van der Waals surface area contributed by atoms with Crippen LogP contribution in [0, 0.1) is 13.8 Å². The molecule has 21 heavy (non-hydrogen) atoms. The molecular formula is C17H24N4. The zero-order chi connectivity index (χ0) is 15.1. The monoisotopic (exact) mass is 284 g/mol. The van der Waals surface area contributed by atoms with Gasteiger partial charge in [-0.25, -0.2) is 15.4 Å². The third kappa shape index (κ3) is 4.83. The number of hydrazine groups is 1. The second-order valence-electron chi connectivity index (χ2n) is 5.35. The van der Waals surface area contributed by atoms with Gasteiger partial charge in [0.1, 0.15) is 0 Å². The fourth-order valence-corrected chi connectivity index (χ4v) is 2.35. The van der Waals surface area contributed by atoms with E-state index in [2.05, 4.69) is 52.0 Å². The van der Waals surface area contributed by atoms with Crippen LogP contribution in [0.1, 0.15) is 49.2 Å². The molecule has 4 heteroatoms. The van der Waals surface area contributed by atoms with Gasteiger partial charge in [-0.15, -0.1) is 0 Å². The van der Waals surface area contributed by atoms with Gasteiger partial charge in [0.25, 0.3) is 0 Å². The molecule has 1 aromatic carbocycles. The molecule has 0 fully saturated rings. The Morgan fingerprint density at radius 2 is 1.71 bits per heavy atom. The fraction of sp³-hybridized carbons (Fsp3) is 0.412. The number of nitrogens with one attached hydrogen (secondary N) is 2. The number of hydrogen-bond donors (Lipinski definition) is 2. The Morgan fingerprint density at radius 3 is 2.33 bits per heavy atom. The van der Waals surface area contributed by atoms with Gasteiger partial charge in [0.15, 0.2) is 0 Å². The van der Waals surface area contributed by atoms with Crippen LogP contribution in [0.2, 0.25) is 0 Å². The molecule has 0 unspecified atom stereocenters. The molecule has 0 bridgehead atoms. The molecule has 0 spiro atoms. The second-order valence-corrected chi connectivity index (χ2v) is 5.35. The van der Waals surface area contributed by atoms with Gasteiger partial charge >= 0.3 is 0 Å². The Hall–Kier alpha value is -1.94. The molecule has 0 aliphatic carbocycles. The minimum atomic E-state index is 0.260. The van der Waals surface area contributed by atoms with E-state index in [1.165, 1.54) is 18.4 Å². The van der Waals surface area contributed by atoms with E-state index in [0.717, 1.165) is 17.8 Å². The maximum absolute atomic E-state index is 4.40.